The number of rotatable bonds is 3. The second-order valence-electron chi connectivity index (χ2n) is 5.19. The molecule has 1 amide bonds. The maximum Gasteiger partial charge on any atom is 0.255 e. The highest BCUT2D eigenvalue weighted by atomic mass is 16.3. The Morgan fingerprint density at radius 2 is 2.26 bits per heavy atom. The predicted molar refractivity (Wildman–Crippen MR) is 69.9 cm³/mol. The van der Waals surface area contributed by atoms with Gasteiger partial charge < -0.3 is 20.0 Å². The largest absolute Gasteiger partial charge is 0.506 e. The van der Waals surface area contributed by atoms with Gasteiger partial charge in [0, 0.05) is 25.3 Å². The Kier molecular flexibility index (Phi) is 4.01. The quantitative estimate of drug-likeness (QED) is 0.799. The Morgan fingerprint density at radius 1 is 1.53 bits per heavy atom. The number of likely N-dealkylation sites (tertiary alicyclic amines) is 1. The lowest BCUT2D eigenvalue weighted by Crippen LogP contribution is -2.41. The number of aliphatic hydroxyl groups is 1. The minimum atomic E-state index is -0.487. The van der Waals surface area contributed by atoms with Gasteiger partial charge in [0.1, 0.15) is 5.75 Å². The molecule has 1 aromatic rings. The highest BCUT2D eigenvalue weighted by Crippen LogP contribution is 2.22. The smallest absolute Gasteiger partial charge is 0.255 e. The van der Waals surface area contributed by atoms with Crippen LogP contribution >= 0.6 is 0 Å². The highest BCUT2D eigenvalue weighted by Gasteiger charge is 2.35. The van der Waals surface area contributed by atoms with E-state index in [0.717, 1.165) is 0 Å². The molecule has 1 aliphatic rings. The summed E-state index contributed by atoms with van der Waals surface area (Å²) in [5.41, 5.74) is 0.345. The van der Waals surface area contributed by atoms with Crippen LogP contribution < -0.4 is 0 Å². The fraction of sp³-hybridized carbons (Fsp3) is 0.538. The van der Waals surface area contributed by atoms with Gasteiger partial charge in [-0.2, -0.15) is 0 Å². The molecule has 1 aromatic heterocycles. The number of pyridine rings is 1. The van der Waals surface area contributed by atoms with E-state index in [4.69, 9.17) is 0 Å². The minimum absolute atomic E-state index is 0.0140. The molecule has 6 heteroatoms. The molecular weight excluding hydrogens is 246 g/mol. The predicted octanol–water partition coefficient (Wildman–Crippen LogP) is -0.0758. The van der Waals surface area contributed by atoms with Crippen molar-refractivity contribution in [3.8, 4) is 5.75 Å². The average molecular weight is 265 g/mol. The van der Waals surface area contributed by atoms with Crippen LogP contribution in [0, 0.1) is 0 Å². The van der Waals surface area contributed by atoms with Crippen molar-refractivity contribution >= 4 is 5.91 Å². The van der Waals surface area contributed by atoms with Gasteiger partial charge >= 0.3 is 0 Å². The third-order valence-electron chi connectivity index (χ3n) is 3.20. The van der Waals surface area contributed by atoms with E-state index in [1.807, 2.05) is 19.0 Å². The van der Waals surface area contributed by atoms with Gasteiger partial charge in [-0.15, -0.1) is 0 Å². The van der Waals surface area contributed by atoms with Crippen molar-refractivity contribution in [2.24, 2.45) is 0 Å². The molecule has 0 aromatic carbocycles. The van der Waals surface area contributed by atoms with E-state index >= 15 is 0 Å². The Balaban J connectivity index is 2.17. The first kappa shape index (κ1) is 13.8. The number of likely N-dealkylation sites (N-methyl/N-ethyl adjacent to an activating group) is 1. The van der Waals surface area contributed by atoms with Crippen molar-refractivity contribution in [3.63, 3.8) is 0 Å². The molecule has 0 spiro atoms. The topological polar surface area (TPSA) is 76.9 Å². The molecule has 6 nitrogen and oxygen atoms in total. The average Bonchev–Trinajstić information content (AvgIpc) is 2.68. The Hall–Kier alpha value is -1.66. The van der Waals surface area contributed by atoms with Crippen LogP contribution in [0.1, 0.15) is 16.8 Å². The summed E-state index contributed by atoms with van der Waals surface area (Å²) < 4.78 is 0. The lowest BCUT2D eigenvalue weighted by Gasteiger charge is -2.26. The number of aromatic nitrogens is 1. The summed E-state index contributed by atoms with van der Waals surface area (Å²) >= 11 is 0. The number of hydrogen-bond donors (Lipinski definition) is 2. The molecule has 0 saturated carbocycles. The molecule has 1 fully saturated rings. The first-order valence-corrected chi connectivity index (χ1v) is 6.25. The molecule has 2 N–H and O–H groups in total. The third kappa shape index (κ3) is 3.21. The monoisotopic (exact) mass is 265 g/mol. The zero-order valence-electron chi connectivity index (χ0n) is 11.2. The number of carbonyl (C=O) groups excluding carboxylic acids is 1. The second kappa shape index (κ2) is 5.54. The fourth-order valence-corrected chi connectivity index (χ4v) is 2.45. The van der Waals surface area contributed by atoms with Crippen LogP contribution in [0.4, 0.5) is 0 Å². The molecule has 0 radical (unpaired) electrons. The lowest BCUT2D eigenvalue weighted by molar-refractivity contribution is 0.0698. The molecule has 0 aliphatic carbocycles. The van der Waals surface area contributed by atoms with Crippen LogP contribution in [0.3, 0.4) is 0 Å². The summed E-state index contributed by atoms with van der Waals surface area (Å²) in [4.78, 5) is 19.8. The molecule has 1 aliphatic heterocycles. The van der Waals surface area contributed by atoms with Crippen molar-refractivity contribution in [1.82, 2.24) is 14.8 Å². The van der Waals surface area contributed by atoms with E-state index in [0.29, 0.717) is 25.1 Å². The molecule has 19 heavy (non-hydrogen) atoms. The van der Waals surface area contributed by atoms with Gasteiger partial charge in [-0.05, 0) is 26.6 Å². The van der Waals surface area contributed by atoms with Crippen molar-refractivity contribution < 1.29 is 15.0 Å². The van der Waals surface area contributed by atoms with Crippen molar-refractivity contribution in [2.75, 3.05) is 27.2 Å². The molecule has 2 unspecified atom stereocenters. The third-order valence-corrected chi connectivity index (χ3v) is 3.20. The van der Waals surface area contributed by atoms with Crippen LogP contribution in [-0.4, -0.2) is 70.2 Å². The van der Waals surface area contributed by atoms with Crippen molar-refractivity contribution in [1.29, 1.82) is 0 Å². The van der Waals surface area contributed by atoms with Gasteiger partial charge in [0.25, 0.3) is 5.91 Å². The van der Waals surface area contributed by atoms with Gasteiger partial charge in [0.05, 0.1) is 17.9 Å². The van der Waals surface area contributed by atoms with Crippen LogP contribution in [0.15, 0.2) is 18.5 Å². The maximum atomic E-state index is 12.4. The normalized spacial score (nSPS) is 23.1. The van der Waals surface area contributed by atoms with Crippen LogP contribution in [0.2, 0.25) is 0 Å². The van der Waals surface area contributed by atoms with Crippen LogP contribution in [-0.2, 0) is 0 Å². The van der Waals surface area contributed by atoms with Gasteiger partial charge in [-0.25, -0.2) is 0 Å². The summed E-state index contributed by atoms with van der Waals surface area (Å²) in [6.45, 7) is 1.03. The molecule has 1 saturated heterocycles. The molecule has 2 heterocycles. The molecule has 2 atom stereocenters. The second-order valence-corrected chi connectivity index (χ2v) is 5.19. The minimum Gasteiger partial charge on any atom is -0.506 e. The SMILES string of the molecule is CN(C)CC1CC(O)CN1C(=O)c1cncc(O)c1. The van der Waals surface area contributed by atoms with Crippen LogP contribution in [0.25, 0.3) is 0 Å². The summed E-state index contributed by atoms with van der Waals surface area (Å²) in [5, 5.41) is 19.1. The number of carbonyl (C=O) groups is 1. The number of aliphatic hydroxyl groups excluding tert-OH is 1. The van der Waals surface area contributed by atoms with E-state index in [1.165, 1.54) is 18.5 Å². The molecule has 104 valence electrons. The fourth-order valence-electron chi connectivity index (χ4n) is 2.45. The molecule has 2 rings (SSSR count). The molecular formula is C13H19N3O3. The van der Waals surface area contributed by atoms with E-state index in [1.54, 1.807) is 4.90 Å². The van der Waals surface area contributed by atoms with Gasteiger partial charge in [-0.1, -0.05) is 0 Å². The zero-order chi connectivity index (χ0) is 14.0. The summed E-state index contributed by atoms with van der Waals surface area (Å²) in [7, 11) is 3.87. The number of amides is 1. The van der Waals surface area contributed by atoms with Crippen molar-refractivity contribution in [3.05, 3.63) is 24.0 Å². The molecule has 0 bridgehead atoms. The van der Waals surface area contributed by atoms with Gasteiger partial charge in [0.2, 0.25) is 0 Å². The number of aromatic hydroxyl groups is 1. The number of β-amino-alcohol motifs (C(OH)–C–C–N with tert-alkyl or cyclic N) is 1. The highest BCUT2D eigenvalue weighted by molar-refractivity contribution is 5.94. The first-order valence-electron chi connectivity index (χ1n) is 6.25. The summed E-state index contributed by atoms with van der Waals surface area (Å²) in [6.07, 6.45) is 2.81. The van der Waals surface area contributed by atoms with E-state index in [2.05, 4.69) is 4.98 Å². The van der Waals surface area contributed by atoms with E-state index < -0.39 is 6.10 Å². The van der Waals surface area contributed by atoms with E-state index in [-0.39, 0.29) is 17.7 Å². The number of hydrogen-bond acceptors (Lipinski definition) is 5. The lowest BCUT2D eigenvalue weighted by atomic mass is 10.1. The Labute approximate surface area is 112 Å². The summed E-state index contributed by atoms with van der Waals surface area (Å²) in [5.74, 6) is -0.235. The standard InChI is InChI=1S/C13H19N3O3/c1-15(2)7-10-4-12(18)8-16(10)13(19)9-3-11(17)6-14-5-9/h3,5-6,10,12,17-18H,4,7-8H2,1-2H3. The van der Waals surface area contributed by atoms with Crippen molar-refractivity contribution in [2.45, 2.75) is 18.6 Å². The Morgan fingerprint density at radius 3 is 2.89 bits per heavy atom. The van der Waals surface area contributed by atoms with Crippen LogP contribution in [0.5, 0.6) is 5.75 Å². The summed E-state index contributed by atoms with van der Waals surface area (Å²) in [6, 6.07) is 1.38. The van der Waals surface area contributed by atoms with E-state index in [9.17, 15) is 15.0 Å². The maximum absolute atomic E-state index is 12.4. The number of nitrogens with zero attached hydrogens (tertiary/aromatic N) is 3. The zero-order valence-corrected chi connectivity index (χ0v) is 11.2. The Bertz CT molecular complexity index is 464. The first-order chi connectivity index (χ1) is 8.97. The van der Waals surface area contributed by atoms with Gasteiger partial charge in [-0.3, -0.25) is 9.78 Å². The van der Waals surface area contributed by atoms with Gasteiger partial charge in [0.15, 0.2) is 0 Å².